The SMILES string of the molecule is C1CCOC2(OC1)OCCCCO2. The Kier molecular flexibility index (Phi) is 3.16. The number of hydrogen-bond donors (Lipinski definition) is 0. The molecule has 2 aliphatic rings. The maximum absolute atomic E-state index is 5.44. The van der Waals surface area contributed by atoms with Crippen LogP contribution in [0.4, 0.5) is 0 Å². The quantitative estimate of drug-likeness (QED) is 0.573. The summed E-state index contributed by atoms with van der Waals surface area (Å²) in [7, 11) is 0. The molecule has 2 saturated heterocycles. The molecule has 0 amide bonds. The van der Waals surface area contributed by atoms with E-state index in [0.29, 0.717) is 26.4 Å². The molecule has 76 valence electrons. The van der Waals surface area contributed by atoms with Crippen LogP contribution in [0.25, 0.3) is 0 Å². The minimum atomic E-state index is -1.17. The van der Waals surface area contributed by atoms with Crippen LogP contribution in [-0.2, 0) is 18.9 Å². The molecule has 0 N–H and O–H groups in total. The van der Waals surface area contributed by atoms with Crippen molar-refractivity contribution in [1.29, 1.82) is 0 Å². The van der Waals surface area contributed by atoms with Gasteiger partial charge in [0.1, 0.15) is 0 Å². The fourth-order valence-corrected chi connectivity index (χ4v) is 1.45. The Hall–Kier alpha value is -0.160. The van der Waals surface area contributed by atoms with Crippen molar-refractivity contribution in [1.82, 2.24) is 0 Å². The number of ether oxygens (including phenoxy) is 4. The van der Waals surface area contributed by atoms with Gasteiger partial charge in [0, 0.05) is 0 Å². The van der Waals surface area contributed by atoms with E-state index in [1.165, 1.54) is 0 Å². The van der Waals surface area contributed by atoms with Crippen molar-refractivity contribution in [3.8, 4) is 0 Å². The molecule has 2 aliphatic heterocycles. The van der Waals surface area contributed by atoms with Gasteiger partial charge in [-0.2, -0.15) is 0 Å². The second-order valence-corrected chi connectivity index (χ2v) is 3.31. The first-order valence-electron chi connectivity index (χ1n) is 4.97. The Morgan fingerprint density at radius 1 is 0.538 bits per heavy atom. The molecule has 2 heterocycles. The second kappa shape index (κ2) is 4.37. The molecule has 13 heavy (non-hydrogen) atoms. The monoisotopic (exact) mass is 188 g/mol. The first-order chi connectivity index (χ1) is 6.41. The van der Waals surface area contributed by atoms with Gasteiger partial charge in [-0.05, 0) is 25.7 Å². The van der Waals surface area contributed by atoms with Crippen LogP contribution in [0.5, 0.6) is 0 Å². The largest absolute Gasteiger partial charge is 0.412 e. The van der Waals surface area contributed by atoms with Crippen LogP contribution >= 0.6 is 0 Å². The number of hydrogen-bond acceptors (Lipinski definition) is 4. The van der Waals surface area contributed by atoms with Gasteiger partial charge in [-0.15, -0.1) is 0 Å². The van der Waals surface area contributed by atoms with Gasteiger partial charge in [-0.1, -0.05) is 0 Å². The van der Waals surface area contributed by atoms with Crippen molar-refractivity contribution in [2.45, 2.75) is 31.8 Å². The van der Waals surface area contributed by atoms with E-state index in [-0.39, 0.29) is 0 Å². The van der Waals surface area contributed by atoms with Crippen LogP contribution in [-0.4, -0.2) is 32.6 Å². The Morgan fingerprint density at radius 3 is 1.15 bits per heavy atom. The summed E-state index contributed by atoms with van der Waals surface area (Å²) in [6.07, 6.45) is 2.86. The van der Waals surface area contributed by atoms with Crippen molar-refractivity contribution in [3.05, 3.63) is 0 Å². The second-order valence-electron chi connectivity index (χ2n) is 3.31. The van der Waals surface area contributed by atoms with E-state index in [4.69, 9.17) is 18.9 Å². The zero-order valence-electron chi connectivity index (χ0n) is 7.79. The van der Waals surface area contributed by atoms with E-state index < -0.39 is 6.16 Å². The van der Waals surface area contributed by atoms with E-state index in [9.17, 15) is 0 Å². The Bertz CT molecular complexity index is 122. The molecule has 1 spiro atoms. The molecule has 0 aliphatic carbocycles. The van der Waals surface area contributed by atoms with Gasteiger partial charge in [0.05, 0.1) is 26.4 Å². The average molecular weight is 188 g/mol. The summed E-state index contributed by atoms with van der Waals surface area (Å²) in [5.74, 6) is 0. The third-order valence-corrected chi connectivity index (χ3v) is 2.19. The third-order valence-electron chi connectivity index (χ3n) is 2.19. The van der Waals surface area contributed by atoms with E-state index in [2.05, 4.69) is 0 Å². The van der Waals surface area contributed by atoms with Gasteiger partial charge in [-0.25, -0.2) is 0 Å². The van der Waals surface area contributed by atoms with Crippen LogP contribution in [0.2, 0.25) is 0 Å². The molecule has 0 radical (unpaired) electrons. The fraction of sp³-hybridized carbons (Fsp3) is 1.00. The summed E-state index contributed by atoms with van der Waals surface area (Å²) in [6.45, 7) is 2.61. The predicted molar refractivity (Wildman–Crippen MR) is 45.0 cm³/mol. The van der Waals surface area contributed by atoms with Gasteiger partial charge in [0.15, 0.2) is 0 Å². The topological polar surface area (TPSA) is 36.9 Å². The standard InChI is InChI=1S/C9H16O4/c1-2-6-11-9(10-5-1)12-7-3-4-8-13-9/h1-8H2. The molecule has 0 aromatic rings. The third kappa shape index (κ3) is 2.40. The van der Waals surface area contributed by atoms with Gasteiger partial charge >= 0.3 is 6.16 Å². The molecular weight excluding hydrogens is 172 g/mol. The molecule has 0 atom stereocenters. The van der Waals surface area contributed by atoms with Crippen LogP contribution in [0, 0.1) is 0 Å². The van der Waals surface area contributed by atoms with Crippen LogP contribution in [0.3, 0.4) is 0 Å². The Labute approximate surface area is 78.1 Å². The lowest BCUT2D eigenvalue weighted by molar-refractivity contribution is -0.489. The van der Waals surface area contributed by atoms with E-state index >= 15 is 0 Å². The normalized spacial score (nSPS) is 29.5. The molecule has 0 bridgehead atoms. The molecule has 2 fully saturated rings. The molecule has 4 heteroatoms. The van der Waals surface area contributed by atoms with Crippen molar-refractivity contribution < 1.29 is 18.9 Å². The van der Waals surface area contributed by atoms with Gasteiger partial charge in [0.2, 0.25) is 0 Å². The minimum Gasteiger partial charge on any atom is -0.303 e. The Balaban J connectivity index is 1.97. The highest BCUT2D eigenvalue weighted by Crippen LogP contribution is 2.24. The molecule has 2 rings (SSSR count). The zero-order valence-corrected chi connectivity index (χ0v) is 7.79. The Morgan fingerprint density at radius 2 is 0.846 bits per heavy atom. The minimum absolute atomic E-state index is 0.653. The van der Waals surface area contributed by atoms with Crippen molar-refractivity contribution in [3.63, 3.8) is 0 Å². The van der Waals surface area contributed by atoms with E-state index in [1.54, 1.807) is 0 Å². The highest BCUT2D eigenvalue weighted by molar-refractivity contribution is 4.54. The van der Waals surface area contributed by atoms with Crippen LogP contribution < -0.4 is 0 Å². The summed E-state index contributed by atoms with van der Waals surface area (Å²) >= 11 is 0. The van der Waals surface area contributed by atoms with Crippen molar-refractivity contribution in [2.75, 3.05) is 26.4 Å². The summed E-state index contributed by atoms with van der Waals surface area (Å²) in [4.78, 5) is 0. The predicted octanol–water partition coefficient (Wildman–Crippen LogP) is 1.25. The smallest absolute Gasteiger partial charge is 0.303 e. The lowest BCUT2D eigenvalue weighted by atomic mass is 10.3. The van der Waals surface area contributed by atoms with Crippen LogP contribution in [0.1, 0.15) is 25.7 Å². The van der Waals surface area contributed by atoms with Crippen molar-refractivity contribution in [2.24, 2.45) is 0 Å². The molecule has 0 saturated carbocycles. The molecule has 0 unspecified atom stereocenters. The summed E-state index contributed by atoms with van der Waals surface area (Å²) < 4.78 is 21.8. The molecular formula is C9H16O4. The van der Waals surface area contributed by atoms with Gasteiger partial charge < -0.3 is 18.9 Å². The maximum Gasteiger partial charge on any atom is 0.412 e. The van der Waals surface area contributed by atoms with Crippen molar-refractivity contribution >= 4 is 0 Å². The van der Waals surface area contributed by atoms with Gasteiger partial charge in [0.25, 0.3) is 0 Å². The highest BCUT2D eigenvalue weighted by Gasteiger charge is 2.38. The average Bonchev–Trinajstić information content (AvgIpc) is 2.50. The van der Waals surface area contributed by atoms with E-state index in [1.807, 2.05) is 0 Å². The molecule has 4 nitrogen and oxygen atoms in total. The summed E-state index contributed by atoms with van der Waals surface area (Å²) in [5.41, 5.74) is 0. The first kappa shape index (κ1) is 9.40. The first-order valence-corrected chi connectivity index (χ1v) is 4.97. The summed E-state index contributed by atoms with van der Waals surface area (Å²) in [5, 5.41) is 0. The lowest BCUT2D eigenvalue weighted by Gasteiger charge is -2.28. The van der Waals surface area contributed by atoms with Crippen LogP contribution in [0.15, 0.2) is 0 Å². The highest BCUT2D eigenvalue weighted by atomic mass is 17.0. The zero-order chi connectivity index (χ0) is 8.99. The lowest BCUT2D eigenvalue weighted by Crippen LogP contribution is -2.40. The fourth-order valence-electron chi connectivity index (χ4n) is 1.45. The van der Waals surface area contributed by atoms with Gasteiger partial charge in [-0.3, -0.25) is 0 Å². The molecule has 0 aromatic carbocycles. The number of rotatable bonds is 0. The maximum atomic E-state index is 5.44. The molecule has 0 aromatic heterocycles. The summed E-state index contributed by atoms with van der Waals surface area (Å²) in [6, 6.07) is 0. The van der Waals surface area contributed by atoms with E-state index in [0.717, 1.165) is 25.7 Å².